The van der Waals surface area contributed by atoms with Gasteiger partial charge in [0.05, 0.1) is 35.5 Å². The number of nitrogens with zero attached hydrogens (tertiary/aromatic N) is 5. The van der Waals surface area contributed by atoms with Gasteiger partial charge in [0.15, 0.2) is 12.4 Å². The molecule has 0 spiro atoms. The summed E-state index contributed by atoms with van der Waals surface area (Å²) in [6, 6.07) is 13.1. The molecule has 4 rings (SSSR count). The van der Waals surface area contributed by atoms with E-state index in [0.29, 0.717) is 12.2 Å². The predicted octanol–water partition coefficient (Wildman–Crippen LogP) is 3.99. The fourth-order valence-corrected chi connectivity index (χ4v) is 3.31. The van der Waals surface area contributed by atoms with E-state index in [2.05, 4.69) is 15.5 Å². The molecule has 0 aliphatic rings. The van der Waals surface area contributed by atoms with Gasteiger partial charge < -0.3 is 14.8 Å². The molecule has 2 aromatic heterocycles. The molecule has 0 saturated heterocycles. The van der Waals surface area contributed by atoms with E-state index in [0.717, 1.165) is 11.3 Å². The average molecular weight is 483 g/mol. The maximum Gasteiger partial charge on any atom is 0.276 e. The Kier molecular flexibility index (Phi) is 6.74. The number of hydrogen-bond acceptors (Lipinski definition) is 7. The maximum absolute atomic E-state index is 12.5. The van der Waals surface area contributed by atoms with Crippen molar-refractivity contribution in [3.05, 3.63) is 93.5 Å². The molecule has 0 fully saturated rings. The van der Waals surface area contributed by atoms with Gasteiger partial charge in [-0.05, 0) is 29.8 Å². The number of anilines is 1. The number of carbonyl (C=O) groups excluding carboxylic acids is 1. The van der Waals surface area contributed by atoms with Crippen LogP contribution in [-0.4, -0.2) is 37.5 Å². The fraction of sp³-hybridized carbons (Fsp3) is 0.136. The molecule has 2 heterocycles. The highest BCUT2D eigenvalue weighted by molar-refractivity contribution is 6.32. The van der Waals surface area contributed by atoms with E-state index in [1.165, 1.54) is 28.9 Å². The molecule has 0 saturated carbocycles. The Balaban J connectivity index is 1.33. The number of hydrogen-bond donors (Lipinski definition) is 1. The van der Waals surface area contributed by atoms with Gasteiger partial charge in [-0.1, -0.05) is 23.7 Å². The highest BCUT2D eigenvalue weighted by Crippen LogP contribution is 2.28. The number of halogens is 1. The topological polar surface area (TPSA) is 126 Å². The molecule has 34 heavy (non-hydrogen) atoms. The maximum atomic E-state index is 12.5. The number of aromatic nitrogens is 4. The van der Waals surface area contributed by atoms with Crippen molar-refractivity contribution >= 4 is 28.9 Å². The standard InChI is InChI=1S/C22H19ClN6O5/c1-33-18-4-2-3-15(9-18)12-28-13-16(11-24-28)25-22(30)20-7-8-27(26-20)14-34-21-6-5-17(29(31)32)10-19(21)23/h2-11,13H,12,14H2,1H3,(H,25,30). The molecule has 0 bridgehead atoms. The minimum absolute atomic E-state index is 0.0384. The lowest BCUT2D eigenvalue weighted by Crippen LogP contribution is -2.14. The van der Waals surface area contributed by atoms with Crippen LogP contribution in [-0.2, 0) is 13.3 Å². The molecule has 0 atom stereocenters. The van der Waals surface area contributed by atoms with Gasteiger partial charge in [0, 0.05) is 24.5 Å². The summed E-state index contributed by atoms with van der Waals surface area (Å²) in [6.07, 6.45) is 4.84. The van der Waals surface area contributed by atoms with Crippen LogP contribution in [0.1, 0.15) is 16.1 Å². The van der Waals surface area contributed by atoms with Gasteiger partial charge in [0.2, 0.25) is 0 Å². The van der Waals surface area contributed by atoms with Crippen LogP contribution in [0.3, 0.4) is 0 Å². The van der Waals surface area contributed by atoms with Crippen LogP contribution in [0.2, 0.25) is 5.02 Å². The van der Waals surface area contributed by atoms with Crippen LogP contribution < -0.4 is 14.8 Å². The van der Waals surface area contributed by atoms with Crippen LogP contribution in [0.25, 0.3) is 0 Å². The van der Waals surface area contributed by atoms with Crippen LogP contribution in [0.15, 0.2) is 67.1 Å². The van der Waals surface area contributed by atoms with E-state index in [-0.39, 0.29) is 28.9 Å². The number of benzene rings is 2. The second kappa shape index (κ2) is 10.0. The van der Waals surface area contributed by atoms with Crippen LogP contribution in [0.5, 0.6) is 11.5 Å². The van der Waals surface area contributed by atoms with Gasteiger partial charge >= 0.3 is 0 Å². The average Bonchev–Trinajstić information content (AvgIpc) is 3.48. The highest BCUT2D eigenvalue weighted by atomic mass is 35.5. The van der Waals surface area contributed by atoms with Crippen molar-refractivity contribution in [3.8, 4) is 11.5 Å². The van der Waals surface area contributed by atoms with E-state index in [4.69, 9.17) is 21.1 Å². The Morgan fingerprint density at radius 2 is 2.06 bits per heavy atom. The van der Waals surface area contributed by atoms with Gasteiger partial charge in [0.25, 0.3) is 11.6 Å². The van der Waals surface area contributed by atoms with E-state index in [1.54, 1.807) is 30.4 Å². The van der Waals surface area contributed by atoms with Crippen molar-refractivity contribution in [2.75, 3.05) is 12.4 Å². The Morgan fingerprint density at radius 1 is 1.21 bits per heavy atom. The zero-order chi connectivity index (χ0) is 24.1. The first-order valence-corrected chi connectivity index (χ1v) is 10.4. The Hall–Kier alpha value is -4.38. The third kappa shape index (κ3) is 5.51. The van der Waals surface area contributed by atoms with Crippen molar-refractivity contribution < 1.29 is 19.2 Å². The molecule has 1 amide bonds. The van der Waals surface area contributed by atoms with Crippen molar-refractivity contribution in [1.29, 1.82) is 0 Å². The lowest BCUT2D eigenvalue weighted by atomic mass is 10.2. The Bertz CT molecular complexity index is 1330. The molecule has 11 nitrogen and oxygen atoms in total. The second-order valence-electron chi connectivity index (χ2n) is 7.12. The van der Waals surface area contributed by atoms with Gasteiger partial charge in [0.1, 0.15) is 11.5 Å². The van der Waals surface area contributed by atoms with E-state index in [9.17, 15) is 14.9 Å². The molecule has 0 aliphatic carbocycles. The third-order valence-corrected chi connectivity index (χ3v) is 5.02. The molecule has 0 radical (unpaired) electrons. The zero-order valence-electron chi connectivity index (χ0n) is 17.9. The molecule has 4 aromatic rings. The highest BCUT2D eigenvalue weighted by Gasteiger charge is 2.13. The van der Waals surface area contributed by atoms with Crippen molar-refractivity contribution in [3.63, 3.8) is 0 Å². The number of rotatable bonds is 9. The summed E-state index contributed by atoms with van der Waals surface area (Å²) in [6.45, 7) is 0.480. The minimum atomic E-state index is -0.545. The predicted molar refractivity (Wildman–Crippen MR) is 123 cm³/mol. The number of nitro groups is 1. The summed E-state index contributed by atoms with van der Waals surface area (Å²) in [4.78, 5) is 22.8. The summed E-state index contributed by atoms with van der Waals surface area (Å²) in [5.74, 6) is 0.610. The number of amides is 1. The SMILES string of the molecule is COc1cccc(Cn2cc(NC(=O)c3ccn(COc4ccc([N+](=O)[O-])cc4Cl)n3)cn2)c1. The first-order chi connectivity index (χ1) is 16.4. The molecular formula is C22H19ClN6O5. The zero-order valence-corrected chi connectivity index (χ0v) is 18.7. The van der Waals surface area contributed by atoms with Gasteiger partial charge in [-0.3, -0.25) is 19.6 Å². The number of nitro benzene ring substituents is 1. The largest absolute Gasteiger partial charge is 0.497 e. The van der Waals surface area contributed by atoms with Crippen LogP contribution in [0, 0.1) is 10.1 Å². The van der Waals surface area contributed by atoms with E-state index < -0.39 is 10.8 Å². The van der Waals surface area contributed by atoms with Gasteiger partial charge in [-0.25, -0.2) is 4.68 Å². The number of non-ortho nitro benzene ring substituents is 1. The molecule has 1 N–H and O–H groups in total. The van der Waals surface area contributed by atoms with Gasteiger partial charge in [-0.15, -0.1) is 0 Å². The number of nitrogens with one attached hydrogen (secondary N) is 1. The summed E-state index contributed by atoms with van der Waals surface area (Å²) in [7, 11) is 1.61. The van der Waals surface area contributed by atoms with Crippen LogP contribution in [0.4, 0.5) is 11.4 Å². The van der Waals surface area contributed by atoms with E-state index in [1.807, 2.05) is 24.3 Å². The molecule has 174 valence electrons. The molecule has 2 aromatic carbocycles. The lowest BCUT2D eigenvalue weighted by molar-refractivity contribution is -0.384. The third-order valence-electron chi connectivity index (χ3n) is 4.72. The number of carbonyl (C=O) groups is 1. The van der Waals surface area contributed by atoms with Crippen molar-refractivity contribution in [2.24, 2.45) is 0 Å². The van der Waals surface area contributed by atoms with Crippen molar-refractivity contribution in [1.82, 2.24) is 19.6 Å². The van der Waals surface area contributed by atoms with Crippen molar-refractivity contribution in [2.45, 2.75) is 13.3 Å². The normalized spacial score (nSPS) is 10.6. The molecule has 0 aliphatic heterocycles. The Labute approximate surface area is 198 Å². The van der Waals surface area contributed by atoms with Crippen LogP contribution >= 0.6 is 11.6 Å². The first-order valence-electron chi connectivity index (χ1n) is 9.98. The lowest BCUT2D eigenvalue weighted by Gasteiger charge is -2.07. The second-order valence-corrected chi connectivity index (χ2v) is 7.53. The summed E-state index contributed by atoms with van der Waals surface area (Å²) < 4.78 is 13.9. The molecule has 0 unspecified atom stereocenters. The smallest absolute Gasteiger partial charge is 0.276 e. The minimum Gasteiger partial charge on any atom is -0.497 e. The summed E-state index contributed by atoms with van der Waals surface area (Å²) in [5.41, 5.74) is 1.57. The summed E-state index contributed by atoms with van der Waals surface area (Å²) >= 11 is 6.02. The first kappa shape index (κ1) is 22.8. The quantitative estimate of drug-likeness (QED) is 0.282. The number of ether oxygens (including phenoxy) is 2. The number of methoxy groups -OCH3 is 1. The van der Waals surface area contributed by atoms with E-state index >= 15 is 0 Å². The molecular weight excluding hydrogens is 464 g/mol. The monoisotopic (exact) mass is 482 g/mol. The molecule has 12 heteroatoms. The van der Waals surface area contributed by atoms with Gasteiger partial charge in [-0.2, -0.15) is 10.2 Å². The Morgan fingerprint density at radius 3 is 2.82 bits per heavy atom. The fourth-order valence-electron chi connectivity index (χ4n) is 3.08. The summed E-state index contributed by atoms with van der Waals surface area (Å²) in [5, 5.41) is 22.1.